The largest absolute Gasteiger partial charge is 0.497 e. The molecular formula is C19H19ClN4O4S. The standard InChI is InChI=1S/C19H19ClN4O4S/c1-12-21-22-19(24(12)14-6-4-13(20)5-7-14)29-18(11-23(25)26)16-10-15(27-2)8-9-17(16)28-3/h4-10,18H,11H2,1-3H3/t18-/m1/s1. The fourth-order valence-electron chi connectivity index (χ4n) is 2.86. The van der Waals surface area contributed by atoms with Crippen LogP contribution < -0.4 is 9.47 Å². The number of hydrogen-bond acceptors (Lipinski definition) is 7. The summed E-state index contributed by atoms with van der Waals surface area (Å²) in [6.45, 7) is 1.50. The van der Waals surface area contributed by atoms with Gasteiger partial charge in [-0.05, 0) is 49.4 Å². The average Bonchev–Trinajstić information content (AvgIpc) is 3.07. The molecule has 0 fully saturated rings. The maximum atomic E-state index is 11.4. The molecule has 0 radical (unpaired) electrons. The Morgan fingerprint density at radius 1 is 1.17 bits per heavy atom. The zero-order valence-electron chi connectivity index (χ0n) is 16.0. The lowest BCUT2D eigenvalue weighted by atomic mass is 10.1. The van der Waals surface area contributed by atoms with Gasteiger partial charge in [0.2, 0.25) is 6.54 Å². The molecule has 10 heteroatoms. The smallest absolute Gasteiger partial charge is 0.220 e. The van der Waals surface area contributed by atoms with Gasteiger partial charge in [-0.15, -0.1) is 10.2 Å². The van der Waals surface area contributed by atoms with Crippen molar-refractivity contribution in [1.82, 2.24) is 14.8 Å². The molecule has 152 valence electrons. The van der Waals surface area contributed by atoms with Gasteiger partial charge >= 0.3 is 0 Å². The van der Waals surface area contributed by atoms with Crippen molar-refractivity contribution in [3.63, 3.8) is 0 Å². The number of halogens is 1. The predicted octanol–water partition coefficient (Wildman–Crippen LogP) is 4.36. The van der Waals surface area contributed by atoms with Gasteiger partial charge in [0.05, 0.1) is 14.2 Å². The lowest BCUT2D eigenvalue weighted by molar-refractivity contribution is -0.479. The predicted molar refractivity (Wildman–Crippen MR) is 111 cm³/mol. The van der Waals surface area contributed by atoms with E-state index in [9.17, 15) is 10.1 Å². The molecule has 2 aromatic carbocycles. The molecule has 0 unspecified atom stereocenters. The lowest BCUT2D eigenvalue weighted by Gasteiger charge is -2.17. The third kappa shape index (κ3) is 4.80. The molecule has 3 aromatic rings. The second kappa shape index (κ2) is 9.15. The Bertz CT molecular complexity index is 1010. The Kier molecular flexibility index (Phi) is 6.60. The quantitative estimate of drug-likeness (QED) is 0.295. The maximum Gasteiger partial charge on any atom is 0.220 e. The summed E-state index contributed by atoms with van der Waals surface area (Å²) < 4.78 is 12.6. The molecule has 0 bridgehead atoms. The number of aryl methyl sites for hydroxylation is 1. The zero-order valence-corrected chi connectivity index (χ0v) is 17.6. The summed E-state index contributed by atoms with van der Waals surface area (Å²) in [6.07, 6.45) is 0. The van der Waals surface area contributed by atoms with Gasteiger partial charge in [0.25, 0.3) is 0 Å². The molecule has 29 heavy (non-hydrogen) atoms. The molecule has 1 heterocycles. The summed E-state index contributed by atoms with van der Waals surface area (Å²) >= 11 is 7.23. The van der Waals surface area contributed by atoms with Gasteiger partial charge in [0, 0.05) is 21.2 Å². The van der Waals surface area contributed by atoms with Crippen molar-refractivity contribution in [2.75, 3.05) is 20.8 Å². The van der Waals surface area contributed by atoms with Crippen molar-refractivity contribution < 1.29 is 14.4 Å². The fourth-order valence-corrected chi connectivity index (χ4v) is 4.18. The van der Waals surface area contributed by atoms with E-state index in [1.807, 2.05) is 23.6 Å². The number of methoxy groups -OCH3 is 2. The van der Waals surface area contributed by atoms with E-state index >= 15 is 0 Å². The average molecular weight is 435 g/mol. The van der Waals surface area contributed by atoms with E-state index in [0.717, 1.165) is 5.69 Å². The fraction of sp³-hybridized carbons (Fsp3) is 0.263. The Morgan fingerprint density at radius 3 is 2.52 bits per heavy atom. The van der Waals surface area contributed by atoms with Crippen LogP contribution in [0.4, 0.5) is 0 Å². The molecule has 0 N–H and O–H groups in total. The van der Waals surface area contributed by atoms with Gasteiger partial charge in [-0.25, -0.2) is 0 Å². The third-order valence-electron chi connectivity index (χ3n) is 4.23. The molecular weight excluding hydrogens is 416 g/mol. The van der Waals surface area contributed by atoms with Crippen LogP contribution in [0.3, 0.4) is 0 Å². The van der Waals surface area contributed by atoms with Crippen LogP contribution in [0.1, 0.15) is 16.6 Å². The molecule has 0 saturated heterocycles. The van der Waals surface area contributed by atoms with Crippen molar-refractivity contribution in [3.05, 3.63) is 69.0 Å². The number of thioether (sulfide) groups is 1. The first-order chi connectivity index (χ1) is 13.9. The first-order valence-corrected chi connectivity index (χ1v) is 9.87. The second-order valence-electron chi connectivity index (χ2n) is 6.07. The number of rotatable bonds is 8. The molecule has 3 rings (SSSR count). The normalized spacial score (nSPS) is 11.9. The molecule has 0 aliphatic rings. The molecule has 0 spiro atoms. The Balaban J connectivity index is 2.03. The summed E-state index contributed by atoms with van der Waals surface area (Å²) in [5.74, 6) is 1.79. The van der Waals surface area contributed by atoms with Crippen molar-refractivity contribution in [1.29, 1.82) is 0 Å². The highest BCUT2D eigenvalue weighted by Gasteiger charge is 2.27. The minimum absolute atomic E-state index is 0.319. The van der Waals surface area contributed by atoms with Crippen LogP contribution >= 0.6 is 23.4 Å². The Morgan fingerprint density at radius 2 is 1.90 bits per heavy atom. The lowest BCUT2D eigenvalue weighted by Crippen LogP contribution is -2.12. The summed E-state index contributed by atoms with van der Waals surface area (Å²) in [6, 6.07) is 12.5. The number of benzene rings is 2. The minimum atomic E-state index is -0.565. The third-order valence-corrected chi connectivity index (χ3v) is 5.64. The number of hydrogen-bond donors (Lipinski definition) is 0. The van der Waals surface area contributed by atoms with Crippen LogP contribution in [0.15, 0.2) is 47.6 Å². The SMILES string of the molecule is COc1ccc(OC)c([C@@H](C[N+](=O)[O-])Sc2nnc(C)n2-c2ccc(Cl)cc2)c1. The minimum Gasteiger partial charge on any atom is -0.497 e. The van der Waals surface area contributed by atoms with Gasteiger partial charge < -0.3 is 9.47 Å². The topological polar surface area (TPSA) is 92.3 Å². The van der Waals surface area contributed by atoms with E-state index in [-0.39, 0.29) is 11.5 Å². The molecule has 1 atom stereocenters. The van der Waals surface area contributed by atoms with E-state index in [1.54, 1.807) is 37.4 Å². The first kappa shape index (κ1) is 20.9. The van der Waals surface area contributed by atoms with Crippen molar-refractivity contribution in [3.8, 4) is 17.2 Å². The summed E-state index contributed by atoms with van der Waals surface area (Å²) in [5.41, 5.74) is 1.47. The monoisotopic (exact) mass is 434 g/mol. The highest BCUT2D eigenvalue weighted by atomic mass is 35.5. The summed E-state index contributed by atoms with van der Waals surface area (Å²) in [5, 5.41) is 20.3. The van der Waals surface area contributed by atoms with Gasteiger partial charge in [0.1, 0.15) is 22.6 Å². The van der Waals surface area contributed by atoms with Crippen LogP contribution in [0, 0.1) is 17.0 Å². The van der Waals surface area contributed by atoms with E-state index in [2.05, 4.69) is 10.2 Å². The summed E-state index contributed by atoms with van der Waals surface area (Å²) in [7, 11) is 3.07. The second-order valence-corrected chi connectivity index (χ2v) is 7.68. The van der Waals surface area contributed by atoms with Crippen molar-refractivity contribution in [2.45, 2.75) is 17.3 Å². The van der Waals surface area contributed by atoms with E-state index in [0.29, 0.717) is 33.1 Å². The Hall–Kier alpha value is -2.78. The maximum absolute atomic E-state index is 11.4. The Labute approximate surface area is 177 Å². The molecule has 0 amide bonds. The first-order valence-electron chi connectivity index (χ1n) is 8.61. The van der Waals surface area contributed by atoms with Crippen LogP contribution in [-0.2, 0) is 0 Å². The van der Waals surface area contributed by atoms with Gasteiger partial charge in [-0.2, -0.15) is 0 Å². The van der Waals surface area contributed by atoms with E-state index in [1.165, 1.54) is 18.9 Å². The van der Waals surface area contributed by atoms with Crippen molar-refractivity contribution in [2.24, 2.45) is 0 Å². The van der Waals surface area contributed by atoms with Crippen LogP contribution in [0.25, 0.3) is 5.69 Å². The van der Waals surface area contributed by atoms with Gasteiger partial charge in [0.15, 0.2) is 5.16 Å². The van der Waals surface area contributed by atoms with E-state index in [4.69, 9.17) is 21.1 Å². The number of nitro groups is 1. The van der Waals surface area contributed by atoms with Gasteiger partial charge in [-0.3, -0.25) is 14.7 Å². The van der Waals surface area contributed by atoms with Crippen LogP contribution in [0.5, 0.6) is 11.5 Å². The van der Waals surface area contributed by atoms with E-state index < -0.39 is 5.25 Å². The molecule has 0 aliphatic carbocycles. The van der Waals surface area contributed by atoms with Crippen LogP contribution in [0.2, 0.25) is 5.02 Å². The highest BCUT2D eigenvalue weighted by molar-refractivity contribution is 7.99. The van der Waals surface area contributed by atoms with Crippen LogP contribution in [-0.4, -0.2) is 40.5 Å². The number of aromatic nitrogens is 3. The van der Waals surface area contributed by atoms with Gasteiger partial charge in [-0.1, -0.05) is 23.4 Å². The van der Waals surface area contributed by atoms with Crippen molar-refractivity contribution >= 4 is 23.4 Å². The number of ether oxygens (including phenoxy) is 2. The molecule has 0 saturated carbocycles. The zero-order chi connectivity index (χ0) is 21.0. The number of nitrogens with zero attached hydrogens (tertiary/aromatic N) is 4. The molecule has 1 aromatic heterocycles. The highest BCUT2D eigenvalue weighted by Crippen LogP contribution is 2.41. The molecule has 8 nitrogen and oxygen atoms in total. The molecule has 0 aliphatic heterocycles. The summed E-state index contributed by atoms with van der Waals surface area (Å²) in [4.78, 5) is 11.0.